The molecule has 0 heterocycles. The van der Waals surface area contributed by atoms with E-state index in [1.165, 1.54) is 55.5 Å². The van der Waals surface area contributed by atoms with Gasteiger partial charge in [-0.1, -0.05) is 78.9 Å². The molecule has 0 aromatic heterocycles. The minimum Gasteiger partial charge on any atom is -0.391 e. The summed E-state index contributed by atoms with van der Waals surface area (Å²) < 4.78 is 95.6. The fourth-order valence-electron chi connectivity index (χ4n) is 5.30. The Balaban J connectivity index is 1.57. The van der Waals surface area contributed by atoms with Crippen molar-refractivity contribution in [2.75, 3.05) is 17.1 Å². The minimum atomic E-state index is -4.52. The van der Waals surface area contributed by atoms with Crippen LogP contribution < -0.4 is 14.3 Å². The van der Waals surface area contributed by atoms with Crippen molar-refractivity contribution in [3.63, 3.8) is 0 Å². The Morgan fingerprint density at radius 2 is 1.42 bits per heavy atom. The monoisotopic (exact) mass is 703 g/mol. The molecule has 48 heavy (non-hydrogen) atoms. The molecular weight excluding hydrogens is 668 g/mol. The van der Waals surface area contributed by atoms with Crippen LogP contribution in [-0.4, -0.2) is 52.0 Å². The molecule has 3 atom stereocenters. The number of carbonyl (C=O) groups is 1. The predicted molar refractivity (Wildman–Crippen MR) is 179 cm³/mol. The quantitative estimate of drug-likeness (QED) is 0.163. The smallest absolute Gasteiger partial charge is 0.391 e. The number of rotatable bonds is 14. The lowest BCUT2D eigenvalue weighted by Crippen LogP contribution is -2.47. The van der Waals surface area contributed by atoms with Gasteiger partial charge in [-0.3, -0.25) is 4.79 Å². The van der Waals surface area contributed by atoms with Crippen molar-refractivity contribution >= 4 is 37.3 Å². The number of amides is 1. The summed E-state index contributed by atoms with van der Waals surface area (Å²) in [5.41, 5.74) is 0.174. The van der Waals surface area contributed by atoms with Gasteiger partial charge in [0.1, 0.15) is 0 Å². The first-order valence-electron chi connectivity index (χ1n) is 14.9. The van der Waals surface area contributed by atoms with Crippen LogP contribution in [0, 0.1) is 5.92 Å². The van der Waals surface area contributed by atoms with Gasteiger partial charge in [-0.05, 0) is 54.8 Å². The molecule has 9 nitrogen and oxygen atoms in total. The van der Waals surface area contributed by atoms with Crippen LogP contribution in [-0.2, 0) is 39.2 Å². The minimum absolute atomic E-state index is 0.0219. The molecule has 14 heteroatoms. The van der Waals surface area contributed by atoms with E-state index >= 15 is 0 Å². The standard InChI is InChI=1S/C34H36F3N3O6S2/c1-24(30(21-25-12-5-3-6-13-25)32(41)23-38-22-26-14-11-15-27(20-26)34(35,36)37)48(45,46)39-33(42)29-18-9-10-19-31(29)40(47(2,43)44)28-16-7-4-8-17-28/h3-20,24,30,32,38,41H,21-23H2,1-2H3,(H,39,42)/t24?,30-,32+/m1/s1. The van der Waals surface area contributed by atoms with E-state index in [-0.39, 0.29) is 36.4 Å². The second-order valence-electron chi connectivity index (χ2n) is 11.3. The maximum atomic E-state index is 13.7. The summed E-state index contributed by atoms with van der Waals surface area (Å²) in [6.07, 6.45) is -4.76. The number of carbonyl (C=O) groups excluding carboxylic acids is 1. The topological polar surface area (TPSA) is 133 Å². The molecule has 1 amide bonds. The van der Waals surface area contributed by atoms with E-state index in [0.29, 0.717) is 11.1 Å². The average Bonchev–Trinajstić information content (AvgIpc) is 3.03. The lowest BCUT2D eigenvalue weighted by atomic mass is 9.91. The highest BCUT2D eigenvalue weighted by atomic mass is 32.2. The van der Waals surface area contributed by atoms with E-state index in [9.17, 15) is 39.9 Å². The largest absolute Gasteiger partial charge is 0.416 e. The van der Waals surface area contributed by atoms with Crippen LogP contribution in [0.4, 0.5) is 24.5 Å². The highest BCUT2D eigenvalue weighted by Gasteiger charge is 2.36. The maximum absolute atomic E-state index is 13.7. The van der Waals surface area contributed by atoms with Crippen LogP contribution >= 0.6 is 0 Å². The zero-order chi connectivity index (χ0) is 35.1. The molecule has 0 bridgehead atoms. The Morgan fingerprint density at radius 3 is 2.04 bits per heavy atom. The number of para-hydroxylation sites is 2. The Labute approximate surface area is 278 Å². The van der Waals surface area contributed by atoms with Gasteiger partial charge in [0.05, 0.1) is 40.1 Å². The zero-order valence-electron chi connectivity index (χ0n) is 26.1. The van der Waals surface area contributed by atoms with Crippen LogP contribution in [0.15, 0.2) is 109 Å². The number of nitrogens with one attached hydrogen (secondary N) is 2. The van der Waals surface area contributed by atoms with Crippen molar-refractivity contribution < 1.29 is 39.9 Å². The molecule has 4 aromatic rings. The molecule has 0 fully saturated rings. The van der Waals surface area contributed by atoms with Gasteiger partial charge >= 0.3 is 6.18 Å². The number of halogens is 3. The molecule has 0 aliphatic carbocycles. The Kier molecular flexibility index (Phi) is 11.7. The third kappa shape index (κ3) is 9.43. The van der Waals surface area contributed by atoms with Gasteiger partial charge in [0.25, 0.3) is 5.91 Å². The fourth-order valence-corrected chi connectivity index (χ4v) is 7.61. The number of aliphatic hydroxyl groups is 1. The first-order chi connectivity index (χ1) is 22.6. The highest BCUT2D eigenvalue weighted by molar-refractivity contribution is 7.92. The molecule has 0 saturated carbocycles. The van der Waals surface area contributed by atoms with Crippen molar-refractivity contribution in [2.24, 2.45) is 5.92 Å². The average molecular weight is 704 g/mol. The predicted octanol–water partition coefficient (Wildman–Crippen LogP) is 5.26. The summed E-state index contributed by atoms with van der Waals surface area (Å²) >= 11 is 0. The van der Waals surface area contributed by atoms with E-state index < -0.39 is 55.0 Å². The summed E-state index contributed by atoms with van der Waals surface area (Å²) in [4.78, 5) is 13.6. The van der Waals surface area contributed by atoms with Crippen LogP contribution in [0.3, 0.4) is 0 Å². The van der Waals surface area contributed by atoms with Crippen molar-refractivity contribution in [3.8, 4) is 0 Å². The number of hydrogen-bond donors (Lipinski definition) is 3. The van der Waals surface area contributed by atoms with Crippen molar-refractivity contribution in [1.82, 2.24) is 10.0 Å². The van der Waals surface area contributed by atoms with Crippen molar-refractivity contribution in [3.05, 3.63) is 131 Å². The molecule has 3 N–H and O–H groups in total. The third-order valence-corrected chi connectivity index (χ3v) is 10.6. The van der Waals surface area contributed by atoms with Crippen LogP contribution in [0.1, 0.15) is 34.0 Å². The Bertz CT molecular complexity index is 1910. The van der Waals surface area contributed by atoms with E-state index in [4.69, 9.17) is 0 Å². The number of anilines is 2. The van der Waals surface area contributed by atoms with Crippen molar-refractivity contribution in [1.29, 1.82) is 0 Å². The summed E-state index contributed by atoms with van der Waals surface area (Å²) in [5.74, 6) is -2.04. The molecule has 4 rings (SSSR count). The van der Waals surface area contributed by atoms with Crippen LogP contribution in [0.25, 0.3) is 0 Å². The number of hydrogen-bond acceptors (Lipinski definition) is 7. The van der Waals surface area contributed by atoms with Gasteiger partial charge in [-0.25, -0.2) is 25.9 Å². The van der Waals surface area contributed by atoms with E-state index in [0.717, 1.165) is 22.7 Å². The SMILES string of the molecule is CC([C@@H](Cc1ccccc1)[C@@H](O)CNCc1cccc(C(F)(F)F)c1)S(=O)(=O)NC(=O)c1ccccc1N(c1ccccc1)S(C)(=O)=O. The molecule has 0 radical (unpaired) electrons. The number of alkyl halides is 3. The summed E-state index contributed by atoms with van der Waals surface area (Å²) in [6.45, 7) is 1.16. The molecule has 0 aliphatic heterocycles. The normalized spacial score (nSPS) is 14.1. The molecule has 256 valence electrons. The zero-order valence-corrected chi connectivity index (χ0v) is 27.8. The second-order valence-corrected chi connectivity index (χ2v) is 15.2. The number of benzene rings is 4. The maximum Gasteiger partial charge on any atom is 0.416 e. The number of aliphatic hydroxyl groups excluding tert-OH is 1. The Morgan fingerprint density at radius 1 is 0.833 bits per heavy atom. The molecular formula is C34H36F3N3O6S2. The first kappa shape index (κ1) is 36.6. The number of nitrogens with zero attached hydrogens (tertiary/aromatic N) is 1. The summed E-state index contributed by atoms with van der Waals surface area (Å²) in [5, 5.41) is 12.8. The van der Waals surface area contributed by atoms with E-state index in [1.807, 2.05) is 0 Å². The summed E-state index contributed by atoms with van der Waals surface area (Å²) in [7, 11) is -8.47. The van der Waals surface area contributed by atoms with Gasteiger partial charge in [0.15, 0.2) is 0 Å². The van der Waals surface area contributed by atoms with Gasteiger partial charge in [-0.15, -0.1) is 0 Å². The molecule has 1 unspecified atom stereocenters. The van der Waals surface area contributed by atoms with Gasteiger partial charge < -0.3 is 10.4 Å². The lowest BCUT2D eigenvalue weighted by molar-refractivity contribution is -0.137. The van der Waals surface area contributed by atoms with E-state index in [2.05, 4.69) is 10.0 Å². The number of sulfonamides is 2. The van der Waals surface area contributed by atoms with E-state index in [1.54, 1.807) is 48.5 Å². The van der Waals surface area contributed by atoms with Crippen LogP contribution in [0.5, 0.6) is 0 Å². The Hall–Kier alpha value is -4.24. The van der Waals surface area contributed by atoms with Gasteiger partial charge in [-0.2, -0.15) is 13.2 Å². The first-order valence-corrected chi connectivity index (χ1v) is 18.3. The fraction of sp³-hybridized carbons (Fsp3) is 0.265. The van der Waals surface area contributed by atoms with Crippen LogP contribution in [0.2, 0.25) is 0 Å². The third-order valence-electron chi connectivity index (χ3n) is 7.76. The second kappa shape index (κ2) is 15.3. The van der Waals surface area contributed by atoms with Gasteiger partial charge in [0, 0.05) is 19.0 Å². The molecule has 0 aliphatic rings. The summed E-state index contributed by atoms with van der Waals surface area (Å²) in [6, 6.07) is 27.2. The molecule has 4 aromatic carbocycles. The highest BCUT2D eigenvalue weighted by Crippen LogP contribution is 2.32. The lowest BCUT2D eigenvalue weighted by Gasteiger charge is -2.29. The molecule has 0 saturated heterocycles. The van der Waals surface area contributed by atoms with Gasteiger partial charge in [0.2, 0.25) is 20.0 Å². The van der Waals surface area contributed by atoms with Crippen molar-refractivity contribution in [2.45, 2.75) is 37.4 Å². The molecule has 0 spiro atoms.